The van der Waals surface area contributed by atoms with Crippen LogP contribution >= 0.6 is 11.8 Å². The highest BCUT2D eigenvalue weighted by atomic mass is 32.2. The maximum Gasteiger partial charge on any atom is 0.187 e. The van der Waals surface area contributed by atoms with Crippen molar-refractivity contribution in [2.45, 2.75) is 16.8 Å². The summed E-state index contributed by atoms with van der Waals surface area (Å²) in [5.74, 6) is -0.0993. The number of benzene rings is 2. The number of hydrogen-bond donors (Lipinski definition) is 0. The van der Waals surface area contributed by atoms with Crippen molar-refractivity contribution in [1.29, 1.82) is 0 Å². The summed E-state index contributed by atoms with van der Waals surface area (Å²) in [6.07, 6.45) is 8.46. The SMILES string of the molecule is Cc1nn(-c2ccccc2)c(Sc2cccc3cccnc23)c1/C=C/C(=O)c1cccnc1. The van der Waals surface area contributed by atoms with Crippen molar-refractivity contribution >= 4 is 34.5 Å². The van der Waals surface area contributed by atoms with Crippen LogP contribution < -0.4 is 0 Å². The normalized spacial score (nSPS) is 11.3. The van der Waals surface area contributed by atoms with E-state index in [-0.39, 0.29) is 5.78 Å². The molecule has 0 fully saturated rings. The maximum absolute atomic E-state index is 12.7. The Labute approximate surface area is 195 Å². The number of aromatic nitrogens is 4. The van der Waals surface area contributed by atoms with Crippen molar-refractivity contribution in [2.75, 3.05) is 0 Å². The predicted molar refractivity (Wildman–Crippen MR) is 132 cm³/mol. The van der Waals surface area contributed by atoms with E-state index >= 15 is 0 Å². The van der Waals surface area contributed by atoms with Crippen LogP contribution in [0.2, 0.25) is 0 Å². The van der Waals surface area contributed by atoms with Crippen molar-refractivity contribution in [2.24, 2.45) is 0 Å². The number of para-hydroxylation sites is 2. The van der Waals surface area contributed by atoms with Crippen LogP contribution in [0.3, 0.4) is 0 Å². The van der Waals surface area contributed by atoms with E-state index in [1.165, 1.54) is 0 Å². The van der Waals surface area contributed by atoms with E-state index in [1.54, 1.807) is 48.6 Å². The monoisotopic (exact) mass is 448 g/mol. The van der Waals surface area contributed by atoms with Gasteiger partial charge in [-0.2, -0.15) is 5.10 Å². The molecule has 0 N–H and O–H groups in total. The standard InChI is InChI=1S/C27H20N4OS/c1-19-23(14-15-24(32)21-10-6-16-28-18-21)27(31(30-19)22-11-3-2-4-12-22)33-25-13-5-8-20-9-7-17-29-26(20)25/h2-18H,1H3/b15-14+. The lowest BCUT2D eigenvalue weighted by molar-refractivity contribution is 0.104. The molecule has 3 aromatic heterocycles. The van der Waals surface area contributed by atoms with Crippen molar-refractivity contribution in [3.8, 4) is 5.69 Å². The van der Waals surface area contributed by atoms with Crippen molar-refractivity contribution in [3.63, 3.8) is 0 Å². The quantitative estimate of drug-likeness (QED) is 0.230. The molecule has 0 aliphatic rings. The molecule has 0 bridgehead atoms. The van der Waals surface area contributed by atoms with Gasteiger partial charge in [-0.15, -0.1) is 0 Å². The van der Waals surface area contributed by atoms with E-state index in [4.69, 9.17) is 5.10 Å². The lowest BCUT2D eigenvalue weighted by Crippen LogP contribution is -1.98. The predicted octanol–water partition coefficient (Wildman–Crippen LogP) is 6.17. The van der Waals surface area contributed by atoms with Gasteiger partial charge in [0.15, 0.2) is 5.78 Å². The molecule has 0 amide bonds. The topological polar surface area (TPSA) is 60.7 Å². The molecule has 0 radical (unpaired) electrons. The lowest BCUT2D eigenvalue weighted by atomic mass is 10.1. The molecule has 2 aromatic carbocycles. The Hall–Kier alpha value is -4.03. The summed E-state index contributed by atoms with van der Waals surface area (Å²) in [5, 5.41) is 6.81. The van der Waals surface area contributed by atoms with Crippen LogP contribution in [0.1, 0.15) is 21.6 Å². The van der Waals surface area contributed by atoms with Crippen LogP contribution in [-0.2, 0) is 0 Å². The second-order valence-corrected chi connectivity index (χ2v) is 8.45. The van der Waals surface area contributed by atoms with Gasteiger partial charge < -0.3 is 0 Å². The molecule has 0 aliphatic heterocycles. The minimum absolute atomic E-state index is 0.0993. The van der Waals surface area contributed by atoms with Crippen molar-refractivity contribution < 1.29 is 4.79 Å². The van der Waals surface area contributed by atoms with Gasteiger partial charge in [0, 0.05) is 40.0 Å². The minimum atomic E-state index is -0.0993. The zero-order chi connectivity index (χ0) is 22.6. The lowest BCUT2D eigenvalue weighted by Gasteiger charge is -2.10. The zero-order valence-electron chi connectivity index (χ0n) is 17.9. The molecule has 3 heterocycles. The van der Waals surface area contributed by atoms with Crippen LogP contribution in [-0.4, -0.2) is 25.5 Å². The molecular weight excluding hydrogens is 428 g/mol. The summed E-state index contributed by atoms with van der Waals surface area (Å²) in [4.78, 5) is 22.3. The molecule has 5 rings (SSSR count). The number of hydrogen-bond acceptors (Lipinski definition) is 5. The van der Waals surface area contributed by atoms with Gasteiger partial charge in [0.1, 0.15) is 5.03 Å². The third-order valence-electron chi connectivity index (χ3n) is 5.21. The average molecular weight is 449 g/mol. The van der Waals surface area contributed by atoms with Crippen LogP contribution in [0.25, 0.3) is 22.7 Å². The van der Waals surface area contributed by atoms with E-state index < -0.39 is 0 Å². The number of pyridine rings is 2. The molecule has 5 aromatic rings. The van der Waals surface area contributed by atoms with Crippen LogP contribution in [0.4, 0.5) is 0 Å². The second-order valence-electron chi connectivity index (χ2n) is 7.42. The Bertz CT molecular complexity index is 1450. The van der Waals surface area contributed by atoms with Crippen LogP contribution in [0.5, 0.6) is 0 Å². The van der Waals surface area contributed by atoms with E-state index in [9.17, 15) is 4.79 Å². The van der Waals surface area contributed by atoms with E-state index in [0.717, 1.165) is 37.8 Å². The number of nitrogens with zero attached hydrogens (tertiary/aromatic N) is 4. The Balaban J connectivity index is 1.61. The minimum Gasteiger partial charge on any atom is -0.289 e. The van der Waals surface area contributed by atoms with Gasteiger partial charge in [0.05, 0.1) is 16.9 Å². The third kappa shape index (κ3) is 4.33. The van der Waals surface area contributed by atoms with Crippen molar-refractivity contribution in [1.82, 2.24) is 19.7 Å². The number of carbonyl (C=O) groups is 1. The first-order chi connectivity index (χ1) is 16.2. The Kier molecular flexibility index (Phi) is 5.83. The van der Waals surface area contributed by atoms with Crippen LogP contribution in [0.15, 0.2) is 107 Å². The highest BCUT2D eigenvalue weighted by Gasteiger charge is 2.18. The van der Waals surface area contributed by atoms with Gasteiger partial charge in [-0.3, -0.25) is 14.8 Å². The number of ketones is 1. The Morgan fingerprint density at radius 3 is 2.58 bits per heavy atom. The Morgan fingerprint density at radius 1 is 0.939 bits per heavy atom. The molecule has 5 nitrogen and oxygen atoms in total. The zero-order valence-corrected chi connectivity index (χ0v) is 18.7. The molecular formula is C27H20N4OS. The first-order valence-corrected chi connectivity index (χ1v) is 11.3. The van der Waals surface area contributed by atoms with Crippen molar-refractivity contribution in [3.05, 3.63) is 114 Å². The molecule has 6 heteroatoms. The van der Waals surface area contributed by atoms with E-state index in [0.29, 0.717) is 5.56 Å². The molecule has 0 unspecified atom stereocenters. The third-order valence-corrected chi connectivity index (χ3v) is 6.35. The van der Waals surface area contributed by atoms with Gasteiger partial charge in [0.25, 0.3) is 0 Å². The molecule has 0 saturated carbocycles. The molecule has 33 heavy (non-hydrogen) atoms. The summed E-state index contributed by atoms with van der Waals surface area (Å²) in [6, 6.07) is 23.7. The summed E-state index contributed by atoms with van der Waals surface area (Å²) in [7, 11) is 0. The summed E-state index contributed by atoms with van der Waals surface area (Å²) >= 11 is 1.60. The fourth-order valence-corrected chi connectivity index (χ4v) is 4.76. The highest BCUT2D eigenvalue weighted by Crippen LogP contribution is 2.37. The Morgan fingerprint density at radius 2 is 1.76 bits per heavy atom. The number of rotatable bonds is 6. The molecule has 160 valence electrons. The fraction of sp³-hybridized carbons (Fsp3) is 0.0370. The van der Waals surface area contributed by atoms with Gasteiger partial charge in [-0.05, 0) is 55.5 Å². The first kappa shape index (κ1) is 20.8. The van der Waals surface area contributed by atoms with Gasteiger partial charge >= 0.3 is 0 Å². The maximum atomic E-state index is 12.7. The molecule has 0 aliphatic carbocycles. The largest absolute Gasteiger partial charge is 0.289 e. The van der Waals surface area contributed by atoms with Gasteiger partial charge in [-0.1, -0.05) is 48.2 Å². The number of allylic oxidation sites excluding steroid dienone is 1. The number of fused-ring (bicyclic) bond motifs is 1. The molecule has 0 saturated heterocycles. The number of aryl methyl sites for hydroxylation is 1. The smallest absolute Gasteiger partial charge is 0.187 e. The summed E-state index contributed by atoms with van der Waals surface area (Å²) < 4.78 is 1.93. The summed E-state index contributed by atoms with van der Waals surface area (Å²) in [6.45, 7) is 1.96. The average Bonchev–Trinajstić information content (AvgIpc) is 3.18. The molecule has 0 atom stereocenters. The first-order valence-electron chi connectivity index (χ1n) is 10.5. The second kappa shape index (κ2) is 9.22. The summed E-state index contributed by atoms with van der Waals surface area (Å²) in [5.41, 5.74) is 4.17. The number of carbonyl (C=O) groups excluding carboxylic acids is 1. The van der Waals surface area contributed by atoms with Crippen LogP contribution in [0, 0.1) is 6.92 Å². The van der Waals surface area contributed by atoms with E-state index in [2.05, 4.69) is 28.2 Å². The molecule has 0 spiro atoms. The van der Waals surface area contributed by atoms with Gasteiger partial charge in [0.2, 0.25) is 0 Å². The highest BCUT2D eigenvalue weighted by molar-refractivity contribution is 7.99. The fourth-order valence-electron chi connectivity index (χ4n) is 3.58. The van der Waals surface area contributed by atoms with E-state index in [1.807, 2.05) is 60.1 Å². The van der Waals surface area contributed by atoms with Gasteiger partial charge in [-0.25, -0.2) is 4.68 Å².